The highest BCUT2D eigenvalue weighted by molar-refractivity contribution is 5.63. The lowest BCUT2D eigenvalue weighted by atomic mass is 10.00. The van der Waals surface area contributed by atoms with Crippen LogP contribution in [0, 0.1) is 0 Å². The maximum Gasteiger partial charge on any atom is 0.154 e. The molecule has 0 saturated heterocycles. The van der Waals surface area contributed by atoms with Gasteiger partial charge in [0.25, 0.3) is 0 Å². The molecule has 1 atom stereocenters. The smallest absolute Gasteiger partial charge is 0.154 e. The van der Waals surface area contributed by atoms with Gasteiger partial charge in [0.1, 0.15) is 5.75 Å². The molecule has 0 saturated carbocycles. The molecule has 1 unspecified atom stereocenters. The summed E-state index contributed by atoms with van der Waals surface area (Å²) in [5, 5.41) is 3.27. The molecule has 0 fully saturated rings. The number of nitrogens with zero attached hydrogens (tertiary/aromatic N) is 1. The summed E-state index contributed by atoms with van der Waals surface area (Å²) in [5.74, 6) is 0.602. The molecule has 0 bridgehead atoms. The van der Waals surface area contributed by atoms with Crippen LogP contribution >= 0.6 is 0 Å². The van der Waals surface area contributed by atoms with Crippen LogP contribution in [0.3, 0.4) is 0 Å². The van der Waals surface area contributed by atoms with Crippen molar-refractivity contribution in [2.45, 2.75) is 32.5 Å². The van der Waals surface area contributed by atoms with Crippen molar-refractivity contribution in [2.75, 3.05) is 11.9 Å². The topological polar surface area (TPSA) is 34.1 Å². The Morgan fingerprint density at radius 2 is 2.14 bits per heavy atom. The van der Waals surface area contributed by atoms with Crippen LogP contribution in [0.5, 0.6) is 5.75 Å². The van der Waals surface area contributed by atoms with Crippen molar-refractivity contribution in [1.82, 2.24) is 4.98 Å². The first-order valence-electron chi connectivity index (χ1n) is 7.26. The summed E-state index contributed by atoms with van der Waals surface area (Å²) in [5.41, 5.74) is 3.31. The molecule has 4 heteroatoms. The van der Waals surface area contributed by atoms with E-state index in [0.29, 0.717) is 16.9 Å². The van der Waals surface area contributed by atoms with E-state index in [2.05, 4.69) is 10.3 Å². The summed E-state index contributed by atoms with van der Waals surface area (Å²) < 4.78 is 20.5. The minimum Gasteiger partial charge on any atom is -0.489 e. The monoisotopic (exact) mass is 286 g/mol. The third kappa shape index (κ3) is 2.84. The van der Waals surface area contributed by atoms with Gasteiger partial charge in [0.2, 0.25) is 0 Å². The predicted octanol–water partition coefficient (Wildman–Crippen LogP) is 3.90. The second-order valence-corrected chi connectivity index (χ2v) is 5.54. The number of aromatic nitrogens is 1. The van der Waals surface area contributed by atoms with E-state index < -0.39 is 6.17 Å². The molecule has 1 aliphatic rings. The van der Waals surface area contributed by atoms with Crippen molar-refractivity contribution in [3.05, 3.63) is 53.3 Å². The third-order valence-corrected chi connectivity index (χ3v) is 3.55. The number of rotatable bonds is 4. The molecule has 0 aliphatic carbocycles. The van der Waals surface area contributed by atoms with Crippen LogP contribution in [-0.4, -0.2) is 17.6 Å². The maximum atomic E-state index is 14.9. The summed E-state index contributed by atoms with van der Waals surface area (Å²) in [6.07, 6.45) is 2.97. The maximum absolute atomic E-state index is 14.9. The lowest BCUT2D eigenvalue weighted by molar-refractivity contribution is 0.240. The fourth-order valence-corrected chi connectivity index (χ4v) is 2.67. The molecular formula is C17H19FN2O. The molecule has 0 amide bonds. The van der Waals surface area contributed by atoms with Crippen LogP contribution in [0.4, 0.5) is 10.1 Å². The zero-order valence-corrected chi connectivity index (χ0v) is 12.3. The zero-order chi connectivity index (χ0) is 14.8. The van der Waals surface area contributed by atoms with Gasteiger partial charge in [0.15, 0.2) is 6.17 Å². The Balaban J connectivity index is 1.92. The molecule has 110 valence electrons. The SMILES string of the molecule is CC(C)Oc1cncc(C(F)c2cccc3c2NCC3)c1. The van der Waals surface area contributed by atoms with Gasteiger partial charge in [-0.15, -0.1) is 0 Å². The third-order valence-electron chi connectivity index (χ3n) is 3.55. The molecule has 1 N–H and O–H groups in total. The number of alkyl halides is 1. The normalized spacial score (nSPS) is 14.7. The molecule has 3 rings (SSSR count). The Morgan fingerprint density at radius 1 is 1.29 bits per heavy atom. The van der Waals surface area contributed by atoms with E-state index in [-0.39, 0.29) is 6.10 Å². The molecule has 3 nitrogen and oxygen atoms in total. The minimum atomic E-state index is -1.20. The van der Waals surface area contributed by atoms with Gasteiger partial charge in [-0.3, -0.25) is 4.98 Å². The summed E-state index contributed by atoms with van der Waals surface area (Å²) in [7, 11) is 0. The standard InChI is InChI=1S/C17H19FN2O/c1-11(2)21-14-8-13(9-19-10-14)16(18)15-5-3-4-12-6-7-20-17(12)15/h3-5,8-11,16,20H,6-7H2,1-2H3. The van der Waals surface area contributed by atoms with E-state index >= 15 is 0 Å². The largest absolute Gasteiger partial charge is 0.489 e. The van der Waals surface area contributed by atoms with Crippen molar-refractivity contribution in [3.63, 3.8) is 0 Å². The molecule has 2 heterocycles. The van der Waals surface area contributed by atoms with E-state index in [0.717, 1.165) is 18.7 Å². The highest BCUT2D eigenvalue weighted by atomic mass is 19.1. The average Bonchev–Trinajstić information content (AvgIpc) is 2.94. The van der Waals surface area contributed by atoms with Crippen molar-refractivity contribution in [2.24, 2.45) is 0 Å². The zero-order valence-electron chi connectivity index (χ0n) is 12.3. The number of ether oxygens (including phenoxy) is 1. The van der Waals surface area contributed by atoms with E-state index in [9.17, 15) is 4.39 Å². The molecular weight excluding hydrogens is 267 g/mol. The van der Waals surface area contributed by atoms with Gasteiger partial charge in [-0.2, -0.15) is 0 Å². The number of fused-ring (bicyclic) bond motifs is 1. The van der Waals surface area contributed by atoms with Crippen molar-refractivity contribution in [1.29, 1.82) is 0 Å². The summed E-state index contributed by atoms with van der Waals surface area (Å²) >= 11 is 0. The first kappa shape index (κ1) is 13.9. The Kier molecular flexibility index (Phi) is 3.78. The second-order valence-electron chi connectivity index (χ2n) is 5.54. The number of anilines is 1. The van der Waals surface area contributed by atoms with Gasteiger partial charge in [-0.25, -0.2) is 4.39 Å². The van der Waals surface area contributed by atoms with E-state index in [1.54, 1.807) is 18.5 Å². The van der Waals surface area contributed by atoms with Crippen LogP contribution in [0.1, 0.15) is 36.7 Å². The van der Waals surface area contributed by atoms with Crippen LogP contribution in [0.2, 0.25) is 0 Å². The first-order valence-corrected chi connectivity index (χ1v) is 7.26. The lowest BCUT2D eigenvalue weighted by Crippen LogP contribution is -2.07. The highest BCUT2D eigenvalue weighted by Gasteiger charge is 2.22. The van der Waals surface area contributed by atoms with Crippen LogP contribution in [0.15, 0.2) is 36.7 Å². The Bertz CT molecular complexity index is 642. The number of benzene rings is 1. The minimum absolute atomic E-state index is 0.0442. The lowest BCUT2D eigenvalue weighted by Gasteiger charge is -2.15. The van der Waals surface area contributed by atoms with Crippen molar-refractivity contribution < 1.29 is 9.13 Å². The Labute approximate surface area is 124 Å². The van der Waals surface area contributed by atoms with E-state index in [1.807, 2.05) is 32.0 Å². The number of halogens is 1. The van der Waals surface area contributed by atoms with Gasteiger partial charge in [-0.05, 0) is 31.9 Å². The predicted molar refractivity (Wildman–Crippen MR) is 81.6 cm³/mol. The quantitative estimate of drug-likeness (QED) is 0.925. The Hall–Kier alpha value is -2.10. The number of para-hydroxylation sites is 1. The van der Waals surface area contributed by atoms with E-state index in [1.165, 1.54) is 5.56 Å². The molecule has 1 aromatic carbocycles. The molecule has 1 aromatic heterocycles. The van der Waals surface area contributed by atoms with Crippen molar-refractivity contribution >= 4 is 5.69 Å². The summed E-state index contributed by atoms with van der Waals surface area (Å²) in [4.78, 5) is 4.09. The number of nitrogens with one attached hydrogen (secondary N) is 1. The Morgan fingerprint density at radius 3 is 2.95 bits per heavy atom. The molecule has 21 heavy (non-hydrogen) atoms. The van der Waals surface area contributed by atoms with Gasteiger partial charge in [0.05, 0.1) is 12.3 Å². The van der Waals surface area contributed by atoms with Crippen LogP contribution in [0.25, 0.3) is 0 Å². The van der Waals surface area contributed by atoms with Crippen LogP contribution < -0.4 is 10.1 Å². The van der Waals surface area contributed by atoms with Gasteiger partial charge in [0, 0.05) is 29.6 Å². The molecule has 2 aromatic rings. The van der Waals surface area contributed by atoms with Gasteiger partial charge < -0.3 is 10.1 Å². The highest BCUT2D eigenvalue weighted by Crippen LogP contribution is 2.36. The van der Waals surface area contributed by atoms with Crippen molar-refractivity contribution in [3.8, 4) is 5.75 Å². The fraction of sp³-hybridized carbons (Fsp3) is 0.353. The number of hydrogen-bond acceptors (Lipinski definition) is 3. The fourth-order valence-electron chi connectivity index (χ4n) is 2.67. The molecule has 1 aliphatic heterocycles. The molecule has 0 radical (unpaired) electrons. The first-order chi connectivity index (χ1) is 10.1. The van der Waals surface area contributed by atoms with Gasteiger partial charge in [-0.1, -0.05) is 18.2 Å². The van der Waals surface area contributed by atoms with Crippen LogP contribution in [-0.2, 0) is 6.42 Å². The second kappa shape index (κ2) is 5.72. The number of hydrogen-bond donors (Lipinski definition) is 1. The average molecular weight is 286 g/mol. The summed E-state index contributed by atoms with van der Waals surface area (Å²) in [6, 6.07) is 7.52. The number of pyridine rings is 1. The van der Waals surface area contributed by atoms with Gasteiger partial charge >= 0.3 is 0 Å². The summed E-state index contributed by atoms with van der Waals surface area (Å²) in [6.45, 7) is 4.75. The molecule has 0 spiro atoms. The van der Waals surface area contributed by atoms with E-state index in [4.69, 9.17) is 4.74 Å².